The van der Waals surface area contributed by atoms with Crippen molar-refractivity contribution in [1.82, 2.24) is 14.7 Å². The van der Waals surface area contributed by atoms with Crippen molar-refractivity contribution >= 4 is 23.3 Å². The molecule has 1 aromatic heterocycles. The molecule has 0 amide bonds. The van der Waals surface area contributed by atoms with Gasteiger partial charge in [-0.25, -0.2) is 4.98 Å². The second kappa shape index (κ2) is 7.21. The SMILES string of the molecule is CNC(C)(CO)CCCCSc1ncns1. The minimum atomic E-state index is -0.132. The molecule has 1 heterocycles. The molecular formula is C10H19N3OS2. The maximum atomic E-state index is 9.21. The Balaban J connectivity index is 2.08. The minimum absolute atomic E-state index is 0.132. The van der Waals surface area contributed by atoms with E-state index < -0.39 is 0 Å². The lowest BCUT2D eigenvalue weighted by molar-refractivity contribution is 0.171. The number of nitrogens with one attached hydrogen (secondary N) is 1. The van der Waals surface area contributed by atoms with Crippen LogP contribution in [0.1, 0.15) is 26.2 Å². The molecular weight excluding hydrogens is 242 g/mol. The third-order valence-electron chi connectivity index (χ3n) is 2.64. The van der Waals surface area contributed by atoms with E-state index in [1.54, 1.807) is 18.1 Å². The van der Waals surface area contributed by atoms with Crippen molar-refractivity contribution in [1.29, 1.82) is 0 Å². The summed E-state index contributed by atoms with van der Waals surface area (Å²) in [6.45, 7) is 2.23. The minimum Gasteiger partial charge on any atom is -0.394 e. The highest BCUT2D eigenvalue weighted by Gasteiger charge is 2.19. The quantitative estimate of drug-likeness (QED) is 0.552. The lowest BCUT2D eigenvalue weighted by atomic mass is 9.96. The lowest BCUT2D eigenvalue weighted by Crippen LogP contribution is -2.43. The summed E-state index contributed by atoms with van der Waals surface area (Å²) in [6, 6.07) is 0. The number of thioether (sulfide) groups is 1. The summed E-state index contributed by atoms with van der Waals surface area (Å²) >= 11 is 3.20. The molecule has 16 heavy (non-hydrogen) atoms. The summed E-state index contributed by atoms with van der Waals surface area (Å²) in [5.74, 6) is 1.07. The first kappa shape index (κ1) is 13.9. The summed E-state index contributed by atoms with van der Waals surface area (Å²) in [5, 5.41) is 12.4. The number of aliphatic hydroxyl groups is 1. The number of unbranched alkanes of at least 4 members (excludes halogenated alkanes) is 1. The van der Waals surface area contributed by atoms with Crippen LogP contribution in [0.15, 0.2) is 10.7 Å². The summed E-state index contributed by atoms with van der Waals surface area (Å²) in [6.07, 6.45) is 4.85. The van der Waals surface area contributed by atoms with Gasteiger partial charge in [0.15, 0.2) is 4.34 Å². The first-order valence-corrected chi connectivity index (χ1v) is 7.15. The smallest absolute Gasteiger partial charge is 0.169 e. The van der Waals surface area contributed by atoms with Crippen molar-refractivity contribution in [3.8, 4) is 0 Å². The molecule has 2 N–H and O–H groups in total. The van der Waals surface area contributed by atoms with E-state index in [2.05, 4.69) is 14.7 Å². The van der Waals surface area contributed by atoms with Gasteiger partial charge in [0.2, 0.25) is 0 Å². The van der Waals surface area contributed by atoms with E-state index in [0.29, 0.717) is 0 Å². The van der Waals surface area contributed by atoms with Gasteiger partial charge in [0.05, 0.1) is 6.61 Å². The fraction of sp³-hybridized carbons (Fsp3) is 0.800. The molecule has 1 rings (SSSR count). The molecule has 1 unspecified atom stereocenters. The Morgan fingerprint density at radius 1 is 1.56 bits per heavy atom. The molecule has 0 aromatic carbocycles. The molecule has 92 valence electrons. The largest absolute Gasteiger partial charge is 0.394 e. The van der Waals surface area contributed by atoms with Crippen molar-refractivity contribution in [3.05, 3.63) is 6.33 Å². The Morgan fingerprint density at radius 2 is 2.38 bits per heavy atom. The van der Waals surface area contributed by atoms with Crippen LogP contribution in [0.5, 0.6) is 0 Å². The van der Waals surface area contributed by atoms with E-state index in [1.165, 1.54) is 11.5 Å². The predicted molar refractivity (Wildman–Crippen MR) is 69.0 cm³/mol. The van der Waals surface area contributed by atoms with E-state index in [4.69, 9.17) is 0 Å². The van der Waals surface area contributed by atoms with Gasteiger partial charge in [-0.15, -0.1) is 0 Å². The molecule has 0 aliphatic carbocycles. The van der Waals surface area contributed by atoms with Crippen molar-refractivity contribution in [2.75, 3.05) is 19.4 Å². The first-order chi connectivity index (χ1) is 7.70. The van der Waals surface area contributed by atoms with Gasteiger partial charge >= 0.3 is 0 Å². The maximum absolute atomic E-state index is 9.21. The van der Waals surface area contributed by atoms with Crippen molar-refractivity contribution < 1.29 is 5.11 Å². The Hall–Kier alpha value is -0.170. The van der Waals surface area contributed by atoms with E-state index in [0.717, 1.165) is 29.4 Å². The molecule has 0 spiro atoms. The molecule has 0 aliphatic heterocycles. The van der Waals surface area contributed by atoms with Crippen LogP contribution >= 0.6 is 23.3 Å². The van der Waals surface area contributed by atoms with Crippen LogP contribution in [0.4, 0.5) is 0 Å². The van der Waals surface area contributed by atoms with Crippen molar-refractivity contribution in [3.63, 3.8) is 0 Å². The standard InChI is InChI=1S/C10H19N3OS2/c1-10(7-14,11-2)5-3-4-6-15-9-12-8-13-16-9/h8,11,14H,3-7H2,1-2H3. The van der Waals surface area contributed by atoms with Crippen LogP contribution < -0.4 is 5.32 Å². The zero-order chi connectivity index (χ0) is 11.9. The van der Waals surface area contributed by atoms with Crippen LogP contribution in [-0.2, 0) is 0 Å². The van der Waals surface area contributed by atoms with Crippen LogP contribution in [0.2, 0.25) is 0 Å². The predicted octanol–water partition coefficient (Wildman–Crippen LogP) is 1.77. The van der Waals surface area contributed by atoms with E-state index in [-0.39, 0.29) is 12.1 Å². The number of hydrogen-bond acceptors (Lipinski definition) is 6. The molecule has 0 fully saturated rings. The molecule has 4 nitrogen and oxygen atoms in total. The van der Waals surface area contributed by atoms with Crippen molar-refractivity contribution in [2.45, 2.75) is 36.1 Å². The number of likely N-dealkylation sites (N-methyl/N-ethyl adjacent to an activating group) is 1. The monoisotopic (exact) mass is 261 g/mol. The molecule has 0 aliphatic rings. The Morgan fingerprint density at radius 3 is 2.94 bits per heavy atom. The summed E-state index contributed by atoms with van der Waals surface area (Å²) in [4.78, 5) is 4.11. The number of aromatic nitrogens is 2. The van der Waals surface area contributed by atoms with Crippen LogP contribution in [0, 0.1) is 0 Å². The number of hydrogen-bond donors (Lipinski definition) is 2. The fourth-order valence-electron chi connectivity index (χ4n) is 1.29. The normalized spacial score (nSPS) is 14.9. The molecule has 1 atom stereocenters. The molecule has 0 saturated heterocycles. The highest BCUT2D eigenvalue weighted by molar-refractivity contribution is 8.00. The van der Waals surface area contributed by atoms with Gasteiger partial charge in [-0.1, -0.05) is 18.2 Å². The van der Waals surface area contributed by atoms with E-state index in [9.17, 15) is 5.11 Å². The van der Waals surface area contributed by atoms with Gasteiger partial charge in [0.25, 0.3) is 0 Å². The highest BCUT2D eigenvalue weighted by Crippen LogP contribution is 2.21. The average Bonchev–Trinajstić information content (AvgIpc) is 2.81. The molecule has 1 aromatic rings. The number of nitrogens with zero attached hydrogens (tertiary/aromatic N) is 2. The molecule has 6 heteroatoms. The summed E-state index contributed by atoms with van der Waals surface area (Å²) in [5.41, 5.74) is -0.132. The van der Waals surface area contributed by atoms with Gasteiger partial charge in [0, 0.05) is 11.3 Å². The third kappa shape index (κ3) is 4.78. The van der Waals surface area contributed by atoms with Crippen LogP contribution in [0.3, 0.4) is 0 Å². The Kier molecular flexibility index (Phi) is 6.26. The third-order valence-corrected chi connectivity index (χ3v) is 4.53. The van der Waals surface area contributed by atoms with Gasteiger partial charge in [-0.05, 0) is 38.3 Å². The summed E-state index contributed by atoms with van der Waals surface area (Å²) < 4.78 is 4.99. The molecule has 0 radical (unpaired) electrons. The second-order valence-corrected chi connectivity index (χ2v) is 6.10. The summed E-state index contributed by atoms with van der Waals surface area (Å²) in [7, 11) is 1.90. The van der Waals surface area contributed by atoms with Crippen molar-refractivity contribution in [2.24, 2.45) is 0 Å². The lowest BCUT2D eigenvalue weighted by Gasteiger charge is -2.26. The molecule has 0 bridgehead atoms. The zero-order valence-corrected chi connectivity index (χ0v) is 11.4. The number of rotatable bonds is 8. The number of aliphatic hydroxyl groups excluding tert-OH is 1. The van der Waals surface area contributed by atoms with Gasteiger partial charge in [-0.3, -0.25) is 0 Å². The first-order valence-electron chi connectivity index (χ1n) is 5.39. The Labute approximate surface area is 105 Å². The average molecular weight is 261 g/mol. The van der Waals surface area contributed by atoms with Gasteiger partial charge < -0.3 is 10.4 Å². The second-order valence-electron chi connectivity index (χ2n) is 3.98. The fourth-order valence-corrected chi connectivity index (χ4v) is 2.80. The van der Waals surface area contributed by atoms with E-state index in [1.807, 2.05) is 14.0 Å². The van der Waals surface area contributed by atoms with Crippen LogP contribution in [0.25, 0.3) is 0 Å². The van der Waals surface area contributed by atoms with Crippen LogP contribution in [-0.4, -0.2) is 39.4 Å². The molecule has 0 saturated carbocycles. The van der Waals surface area contributed by atoms with Gasteiger partial charge in [-0.2, -0.15) is 4.37 Å². The Bertz CT molecular complexity index is 276. The topological polar surface area (TPSA) is 58.0 Å². The highest BCUT2D eigenvalue weighted by atomic mass is 32.2. The van der Waals surface area contributed by atoms with Gasteiger partial charge in [0.1, 0.15) is 6.33 Å². The maximum Gasteiger partial charge on any atom is 0.169 e. The zero-order valence-electron chi connectivity index (χ0n) is 9.77. The van der Waals surface area contributed by atoms with E-state index >= 15 is 0 Å².